The molecule has 2 aromatic heterocycles. The highest BCUT2D eigenvalue weighted by molar-refractivity contribution is 7.15. The van der Waals surface area contributed by atoms with Gasteiger partial charge in [-0.05, 0) is 12.1 Å². The molecule has 84 valence electrons. The van der Waals surface area contributed by atoms with Crippen LogP contribution in [0.1, 0.15) is 5.01 Å². The fourth-order valence-electron chi connectivity index (χ4n) is 1.06. The Kier molecular flexibility index (Phi) is 2.86. The van der Waals surface area contributed by atoms with E-state index in [1.807, 2.05) is 0 Å². The van der Waals surface area contributed by atoms with Gasteiger partial charge in [0, 0.05) is 17.4 Å². The van der Waals surface area contributed by atoms with E-state index in [0.717, 1.165) is 6.20 Å². The van der Waals surface area contributed by atoms with E-state index < -0.39 is 11.2 Å². The van der Waals surface area contributed by atoms with Crippen LogP contribution in [0.4, 0.5) is 13.2 Å². The summed E-state index contributed by atoms with van der Waals surface area (Å²) < 4.78 is 36.9. The molecule has 0 fully saturated rings. The highest BCUT2D eigenvalue weighted by Gasteiger charge is 2.34. The minimum absolute atomic E-state index is 0.342. The van der Waals surface area contributed by atoms with Crippen molar-refractivity contribution in [2.75, 3.05) is 0 Å². The fraction of sp³-hybridized carbons (Fsp3) is 0.111. The van der Waals surface area contributed by atoms with Gasteiger partial charge in [-0.25, -0.2) is 4.98 Å². The average molecular weight is 265 g/mol. The molecular formula is C9H4ClF3N2S. The van der Waals surface area contributed by atoms with Crippen LogP contribution in [-0.2, 0) is 6.18 Å². The minimum atomic E-state index is -4.42. The largest absolute Gasteiger partial charge is 0.443 e. The second-order valence-corrected chi connectivity index (χ2v) is 4.35. The molecule has 7 heteroatoms. The van der Waals surface area contributed by atoms with Crippen molar-refractivity contribution < 1.29 is 13.2 Å². The van der Waals surface area contributed by atoms with Gasteiger partial charge in [0.15, 0.2) is 5.01 Å². The van der Waals surface area contributed by atoms with Gasteiger partial charge in [-0.2, -0.15) is 13.2 Å². The van der Waals surface area contributed by atoms with Gasteiger partial charge in [0.25, 0.3) is 0 Å². The molecule has 2 heterocycles. The van der Waals surface area contributed by atoms with Crippen LogP contribution >= 0.6 is 22.9 Å². The van der Waals surface area contributed by atoms with Crippen molar-refractivity contribution in [2.45, 2.75) is 6.18 Å². The summed E-state index contributed by atoms with van der Waals surface area (Å²) in [6.07, 6.45) is -1.84. The zero-order valence-corrected chi connectivity index (χ0v) is 9.20. The second kappa shape index (κ2) is 4.03. The Balaban J connectivity index is 2.39. The predicted octanol–water partition coefficient (Wildman–Crippen LogP) is 3.88. The number of aromatic nitrogens is 2. The second-order valence-electron chi connectivity index (χ2n) is 2.89. The molecule has 0 aliphatic heterocycles. The molecule has 0 N–H and O–H groups in total. The zero-order chi connectivity index (χ0) is 11.8. The van der Waals surface area contributed by atoms with E-state index in [4.69, 9.17) is 11.6 Å². The van der Waals surface area contributed by atoms with Crippen LogP contribution in [0.25, 0.3) is 10.6 Å². The third kappa shape index (κ3) is 2.33. The molecule has 2 rings (SSSR count). The summed E-state index contributed by atoms with van der Waals surface area (Å²) in [5.41, 5.74) is 0.389. The first kappa shape index (κ1) is 11.3. The summed E-state index contributed by atoms with van der Waals surface area (Å²) in [6.45, 7) is 0. The zero-order valence-electron chi connectivity index (χ0n) is 7.62. The van der Waals surface area contributed by atoms with Crippen LogP contribution in [0.5, 0.6) is 0 Å². The molecule has 0 saturated heterocycles. The quantitative estimate of drug-likeness (QED) is 0.781. The maximum absolute atomic E-state index is 12.3. The van der Waals surface area contributed by atoms with Crippen LogP contribution in [0.15, 0.2) is 24.5 Å². The number of rotatable bonds is 1. The minimum Gasteiger partial charge on any atom is -0.255 e. The summed E-state index contributed by atoms with van der Waals surface area (Å²) in [6, 6.07) is 3.05. The molecule has 0 saturated carbocycles. The summed E-state index contributed by atoms with van der Waals surface area (Å²) in [5.74, 6) is 0. The molecule has 0 aromatic carbocycles. The number of hydrogen-bond acceptors (Lipinski definition) is 3. The fourth-order valence-corrected chi connectivity index (χ4v) is 1.97. The maximum atomic E-state index is 12.3. The average Bonchev–Trinajstić information content (AvgIpc) is 2.65. The van der Waals surface area contributed by atoms with Crippen LogP contribution in [0.2, 0.25) is 5.02 Å². The molecule has 2 aromatic rings. The highest BCUT2D eigenvalue weighted by Crippen LogP contribution is 2.35. The van der Waals surface area contributed by atoms with Gasteiger partial charge in [0.05, 0.1) is 10.6 Å². The topological polar surface area (TPSA) is 25.8 Å². The van der Waals surface area contributed by atoms with Crippen LogP contribution in [0.3, 0.4) is 0 Å². The van der Waals surface area contributed by atoms with E-state index in [2.05, 4.69) is 9.97 Å². The van der Waals surface area contributed by atoms with E-state index in [-0.39, 0.29) is 0 Å². The van der Waals surface area contributed by atoms with E-state index in [9.17, 15) is 13.2 Å². The first-order valence-electron chi connectivity index (χ1n) is 4.12. The number of nitrogens with zero attached hydrogens (tertiary/aromatic N) is 2. The van der Waals surface area contributed by atoms with Crippen molar-refractivity contribution in [3.05, 3.63) is 34.6 Å². The van der Waals surface area contributed by atoms with E-state index in [0.29, 0.717) is 26.9 Å². The van der Waals surface area contributed by atoms with Crippen molar-refractivity contribution in [1.82, 2.24) is 9.97 Å². The van der Waals surface area contributed by atoms with Crippen LogP contribution in [0, 0.1) is 0 Å². The van der Waals surface area contributed by atoms with Gasteiger partial charge in [0.1, 0.15) is 0 Å². The Labute approximate surface area is 97.7 Å². The predicted molar refractivity (Wildman–Crippen MR) is 55.4 cm³/mol. The van der Waals surface area contributed by atoms with Gasteiger partial charge in [-0.15, -0.1) is 11.3 Å². The lowest BCUT2D eigenvalue weighted by atomic mass is 10.3. The molecule has 0 atom stereocenters. The van der Waals surface area contributed by atoms with Gasteiger partial charge >= 0.3 is 6.18 Å². The summed E-state index contributed by atoms with van der Waals surface area (Å²) in [5, 5.41) is -0.462. The van der Waals surface area contributed by atoms with Crippen molar-refractivity contribution in [3.63, 3.8) is 0 Å². The van der Waals surface area contributed by atoms with Crippen molar-refractivity contribution in [3.8, 4) is 10.6 Å². The van der Waals surface area contributed by atoms with Crippen molar-refractivity contribution in [1.29, 1.82) is 0 Å². The van der Waals surface area contributed by atoms with Gasteiger partial charge in [-0.1, -0.05) is 11.6 Å². The van der Waals surface area contributed by atoms with Crippen molar-refractivity contribution in [2.24, 2.45) is 0 Å². The lowest BCUT2D eigenvalue weighted by Gasteiger charge is -1.99. The van der Waals surface area contributed by atoms with Crippen LogP contribution in [-0.4, -0.2) is 9.97 Å². The van der Waals surface area contributed by atoms with Gasteiger partial charge in [0.2, 0.25) is 0 Å². The summed E-state index contributed by atoms with van der Waals surface area (Å²) in [4.78, 5) is 7.57. The van der Waals surface area contributed by atoms with Crippen LogP contribution < -0.4 is 0 Å². The van der Waals surface area contributed by atoms with E-state index in [1.165, 1.54) is 12.3 Å². The SMILES string of the molecule is FC(F)(F)c1ncc(-c2cc(Cl)ccn2)s1. The monoisotopic (exact) mass is 264 g/mol. The Morgan fingerprint density at radius 2 is 2.00 bits per heavy atom. The van der Waals surface area contributed by atoms with Gasteiger partial charge in [-0.3, -0.25) is 4.98 Å². The summed E-state index contributed by atoms with van der Waals surface area (Å²) >= 11 is 6.26. The van der Waals surface area contributed by atoms with E-state index >= 15 is 0 Å². The maximum Gasteiger partial charge on any atom is 0.443 e. The first-order chi connectivity index (χ1) is 7.47. The number of alkyl halides is 3. The molecule has 0 unspecified atom stereocenters. The van der Waals surface area contributed by atoms with Crippen molar-refractivity contribution >= 4 is 22.9 Å². The lowest BCUT2D eigenvalue weighted by Crippen LogP contribution is -2.02. The molecule has 0 radical (unpaired) electrons. The Morgan fingerprint density at radius 3 is 2.56 bits per heavy atom. The number of pyridine rings is 1. The molecule has 0 aliphatic rings. The molecule has 2 nitrogen and oxygen atoms in total. The third-order valence-electron chi connectivity index (χ3n) is 1.72. The normalized spacial score (nSPS) is 11.8. The lowest BCUT2D eigenvalue weighted by molar-refractivity contribution is -0.137. The smallest absolute Gasteiger partial charge is 0.255 e. The molecule has 0 spiro atoms. The molecule has 0 aliphatic carbocycles. The van der Waals surface area contributed by atoms with E-state index in [1.54, 1.807) is 6.07 Å². The molecule has 0 bridgehead atoms. The third-order valence-corrected chi connectivity index (χ3v) is 3.02. The highest BCUT2D eigenvalue weighted by atomic mass is 35.5. The molecular weight excluding hydrogens is 261 g/mol. The molecule has 16 heavy (non-hydrogen) atoms. The first-order valence-corrected chi connectivity index (χ1v) is 5.31. The number of hydrogen-bond donors (Lipinski definition) is 0. The Bertz CT molecular complexity index is 509. The Morgan fingerprint density at radius 1 is 1.25 bits per heavy atom. The Hall–Kier alpha value is -1.14. The number of thiazole rings is 1. The molecule has 0 amide bonds. The number of halogens is 4. The van der Waals surface area contributed by atoms with Gasteiger partial charge < -0.3 is 0 Å². The summed E-state index contributed by atoms with van der Waals surface area (Å²) in [7, 11) is 0. The standard InChI is InChI=1S/C9H4ClF3N2S/c10-5-1-2-14-6(3-5)7-4-15-8(16-7)9(11,12)13/h1-4H.